The van der Waals surface area contributed by atoms with Crippen molar-refractivity contribution >= 4 is 17.7 Å². The Hall–Kier alpha value is -1.21. The molecular formula is C12H14F3NO2S. The van der Waals surface area contributed by atoms with Gasteiger partial charge in [-0.3, -0.25) is 4.79 Å². The van der Waals surface area contributed by atoms with E-state index in [9.17, 15) is 18.0 Å². The number of methoxy groups -OCH3 is 1. The average Bonchev–Trinajstić information content (AvgIpc) is 2.34. The van der Waals surface area contributed by atoms with Crippen LogP contribution in [0.3, 0.4) is 0 Å². The summed E-state index contributed by atoms with van der Waals surface area (Å²) in [6.07, 6.45) is 0. The molecule has 0 spiro atoms. The third-order valence-corrected chi connectivity index (χ3v) is 3.06. The first-order valence-corrected chi connectivity index (χ1v) is 6.29. The predicted molar refractivity (Wildman–Crippen MR) is 66.7 cm³/mol. The maximum absolute atomic E-state index is 12.1. The van der Waals surface area contributed by atoms with Crippen LogP contribution < -0.4 is 5.32 Å². The Kier molecular flexibility index (Phi) is 5.68. The SMILES string of the molecule is COC(=O)[C@H](C)NCc1ccc(SC(F)(F)F)cc1. The van der Waals surface area contributed by atoms with Gasteiger partial charge in [-0.2, -0.15) is 13.2 Å². The smallest absolute Gasteiger partial charge is 0.446 e. The fourth-order valence-electron chi connectivity index (χ4n) is 1.34. The Morgan fingerprint density at radius 2 is 1.95 bits per heavy atom. The number of halogens is 3. The molecule has 0 unspecified atom stereocenters. The number of hydrogen-bond acceptors (Lipinski definition) is 4. The molecule has 1 N–H and O–H groups in total. The van der Waals surface area contributed by atoms with Gasteiger partial charge in [0.15, 0.2) is 0 Å². The zero-order valence-corrected chi connectivity index (χ0v) is 11.3. The van der Waals surface area contributed by atoms with Crippen LogP contribution in [-0.4, -0.2) is 24.6 Å². The number of esters is 1. The third kappa shape index (κ3) is 5.98. The van der Waals surface area contributed by atoms with Crippen LogP contribution in [0.25, 0.3) is 0 Å². The zero-order chi connectivity index (χ0) is 14.5. The number of thioether (sulfide) groups is 1. The molecule has 1 rings (SSSR count). The molecule has 1 aromatic rings. The Morgan fingerprint density at radius 1 is 1.37 bits per heavy atom. The summed E-state index contributed by atoms with van der Waals surface area (Å²) in [6, 6.07) is 5.51. The lowest BCUT2D eigenvalue weighted by molar-refractivity contribution is -0.142. The van der Waals surface area contributed by atoms with Crippen molar-refractivity contribution < 1.29 is 22.7 Å². The van der Waals surface area contributed by atoms with E-state index >= 15 is 0 Å². The van der Waals surface area contributed by atoms with Gasteiger partial charge in [0.25, 0.3) is 0 Å². The fourth-order valence-corrected chi connectivity index (χ4v) is 1.88. The topological polar surface area (TPSA) is 38.3 Å². The monoisotopic (exact) mass is 293 g/mol. The van der Waals surface area contributed by atoms with Crippen molar-refractivity contribution in [2.24, 2.45) is 0 Å². The van der Waals surface area contributed by atoms with Crippen molar-refractivity contribution in [2.75, 3.05) is 7.11 Å². The first kappa shape index (κ1) is 15.8. The Labute approximate surface area is 113 Å². The van der Waals surface area contributed by atoms with Gasteiger partial charge in [0.2, 0.25) is 0 Å². The second-order valence-corrected chi connectivity index (χ2v) is 4.96. The fraction of sp³-hybridized carbons (Fsp3) is 0.417. The van der Waals surface area contributed by atoms with Gasteiger partial charge in [0.1, 0.15) is 6.04 Å². The van der Waals surface area contributed by atoms with E-state index in [2.05, 4.69) is 10.1 Å². The van der Waals surface area contributed by atoms with Crippen molar-refractivity contribution in [3.8, 4) is 0 Å². The molecule has 7 heteroatoms. The number of carbonyl (C=O) groups is 1. The quantitative estimate of drug-likeness (QED) is 0.669. The standard InChI is InChI=1S/C12H14F3NO2S/c1-8(11(17)18-2)16-7-9-3-5-10(6-4-9)19-12(13,14)15/h3-6,8,16H,7H2,1-2H3/t8-/m0/s1. The summed E-state index contributed by atoms with van der Waals surface area (Å²) in [5.41, 5.74) is -3.48. The van der Waals surface area contributed by atoms with Crippen molar-refractivity contribution in [3.63, 3.8) is 0 Å². The van der Waals surface area contributed by atoms with Crippen molar-refractivity contribution in [1.29, 1.82) is 0 Å². The summed E-state index contributed by atoms with van der Waals surface area (Å²) in [6.45, 7) is 2.03. The molecule has 19 heavy (non-hydrogen) atoms. The average molecular weight is 293 g/mol. The number of nitrogens with one attached hydrogen (secondary N) is 1. The number of benzene rings is 1. The molecule has 0 bridgehead atoms. The molecule has 0 amide bonds. The second kappa shape index (κ2) is 6.81. The van der Waals surface area contributed by atoms with E-state index < -0.39 is 11.6 Å². The highest BCUT2D eigenvalue weighted by Gasteiger charge is 2.28. The molecule has 0 aliphatic carbocycles. The van der Waals surface area contributed by atoms with Gasteiger partial charge in [-0.15, -0.1) is 0 Å². The lowest BCUT2D eigenvalue weighted by atomic mass is 10.2. The zero-order valence-electron chi connectivity index (χ0n) is 10.5. The van der Waals surface area contributed by atoms with Crippen LogP contribution in [0.4, 0.5) is 13.2 Å². The van der Waals surface area contributed by atoms with E-state index in [1.807, 2.05) is 0 Å². The van der Waals surface area contributed by atoms with Crippen molar-refractivity contribution in [1.82, 2.24) is 5.32 Å². The number of ether oxygens (including phenoxy) is 1. The van der Waals surface area contributed by atoms with Crippen molar-refractivity contribution in [2.45, 2.75) is 29.9 Å². The van der Waals surface area contributed by atoms with E-state index in [0.717, 1.165) is 5.56 Å². The maximum atomic E-state index is 12.1. The molecule has 0 aliphatic heterocycles. The summed E-state index contributed by atoms with van der Waals surface area (Å²) < 4.78 is 40.9. The van der Waals surface area contributed by atoms with Crippen LogP contribution in [0.5, 0.6) is 0 Å². The van der Waals surface area contributed by atoms with E-state index in [4.69, 9.17) is 0 Å². The molecule has 0 aromatic heterocycles. The Bertz CT molecular complexity index is 420. The lowest BCUT2D eigenvalue weighted by Crippen LogP contribution is -2.34. The number of rotatable bonds is 5. The van der Waals surface area contributed by atoms with E-state index in [-0.39, 0.29) is 22.6 Å². The molecule has 0 aliphatic rings. The highest BCUT2D eigenvalue weighted by molar-refractivity contribution is 8.00. The summed E-state index contributed by atoms with van der Waals surface area (Å²) >= 11 is -0.152. The Morgan fingerprint density at radius 3 is 2.42 bits per heavy atom. The first-order chi connectivity index (χ1) is 8.81. The molecule has 0 radical (unpaired) electrons. The molecule has 0 fully saturated rings. The molecule has 1 aromatic carbocycles. The van der Waals surface area contributed by atoms with Gasteiger partial charge in [-0.25, -0.2) is 0 Å². The van der Waals surface area contributed by atoms with Crippen LogP contribution >= 0.6 is 11.8 Å². The molecular weight excluding hydrogens is 279 g/mol. The second-order valence-electron chi connectivity index (χ2n) is 3.82. The minimum atomic E-state index is -4.28. The maximum Gasteiger partial charge on any atom is 0.446 e. The van der Waals surface area contributed by atoms with Gasteiger partial charge in [0.05, 0.1) is 7.11 Å². The van der Waals surface area contributed by atoms with Gasteiger partial charge >= 0.3 is 11.5 Å². The molecule has 0 saturated heterocycles. The minimum absolute atomic E-state index is 0.136. The number of alkyl halides is 3. The molecule has 3 nitrogen and oxygen atoms in total. The van der Waals surface area contributed by atoms with Crippen LogP contribution in [0, 0.1) is 0 Å². The van der Waals surface area contributed by atoms with Crippen molar-refractivity contribution in [3.05, 3.63) is 29.8 Å². The van der Waals surface area contributed by atoms with Crippen LogP contribution in [0.2, 0.25) is 0 Å². The number of carbonyl (C=O) groups excluding carboxylic acids is 1. The summed E-state index contributed by atoms with van der Waals surface area (Å²) in [5.74, 6) is -0.385. The van der Waals surface area contributed by atoms with E-state index in [1.54, 1.807) is 19.1 Å². The van der Waals surface area contributed by atoms with Gasteiger partial charge in [0, 0.05) is 11.4 Å². The molecule has 0 saturated carbocycles. The predicted octanol–water partition coefficient (Wildman–Crippen LogP) is 2.95. The highest BCUT2D eigenvalue weighted by atomic mass is 32.2. The molecule has 106 valence electrons. The summed E-state index contributed by atoms with van der Waals surface area (Å²) in [4.78, 5) is 11.3. The Balaban J connectivity index is 2.51. The van der Waals surface area contributed by atoms with Gasteiger partial charge in [-0.05, 0) is 36.4 Å². The van der Waals surface area contributed by atoms with Gasteiger partial charge < -0.3 is 10.1 Å². The third-order valence-electron chi connectivity index (χ3n) is 2.32. The molecule has 0 heterocycles. The van der Waals surface area contributed by atoms with Crippen LogP contribution in [0.15, 0.2) is 29.2 Å². The number of hydrogen-bond donors (Lipinski definition) is 1. The summed E-state index contributed by atoms with van der Waals surface area (Å²) in [5, 5.41) is 2.91. The molecule has 1 atom stereocenters. The minimum Gasteiger partial charge on any atom is -0.468 e. The lowest BCUT2D eigenvalue weighted by Gasteiger charge is -2.11. The first-order valence-electron chi connectivity index (χ1n) is 5.47. The largest absolute Gasteiger partial charge is 0.468 e. The van der Waals surface area contributed by atoms with E-state index in [0.29, 0.717) is 6.54 Å². The normalized spacial score (nSPS) is 13.1. The van der Waals surface area contributed by atoms with Gasteiger partial charge in [-0.1, -0.05) is 12.1 Å². The van der Waals surface area contributed by atoms with Crippen LogP contribution in [0.1, 0.15) is 12.5 Å². The van der Waals surface area contributed by atoms with E-state index in [1.165, 1.54) is 19.2 Å². The van der Waals surface area contributed by atoms with Crippen LogP contribution in [-0.2, 0) is 16.1 Å². The highest BCUT2D eigenvalue weighted by Crippen LogP contribution is 2.36. The summed E-state index contributed by atoms with van der Waals surface area (Å²) in [7, 11) is 1.30.